The van der Waals surface area contributed by atoms with Crippen molar-refractivity contribution in [3.8, 4) is 11.4 Å². The lowest BCUT2D eigenvalue weighted by molar-refractivity contribution is 0.351. The fourth-order valence-electron chi connectivity index (χ4n) is 4.56. The Hall–Kier alpha value is -2.10. The topological polar surface area (TPSA) is 43.9 Å². The van der Waals surface area contributed by atoms with Gasteiger partial charge in [0.2, 0.25) is 11.7 Å². The van der Waals surface area contributed by atoms with E-state index in [1.165, 1.54) is 88.0 Å². The molecule has 0 saturated carbocycles. The van der Waals surface area contributed by atoms with E-state index in [1.54, 1.807) is 0 Å². The Kier molecular flexibility index (Phi) is 10.3. The van der Waals surface area contributed by atoms with Crippen molar-refractivity contribution in [1.29, 1.82) is 0 Å². The second-order valence-electron chi connectivity index (χ2n) is 9.43. The molecule has 0 N–H and O–H groups in total. The van der Waals surface area contributed by atoms with Crippen LogP contribution in [0.1, 0.15) is 116 Å². The predicted molar refractivity (Wildman–Crippen MR) is 135 cm³/mol. The highest BCUT2D eigenvalue weighted by Gasteiger charge is 2.18. The number of aryl methyl sites for hydroxylation is 1. The fourth-order valence-corrected chi connectivity index (χ4v) is 4.56. The largest absolute Gasteiger partial charge is 0.347 e. The van der Waals surface area contributed by atoms with E-state index in [0.29, 0.717) is 5.92 Å². The third-order valence-electron chi connectivity index (χ3n) is 6.64. The molecular formula is C28H43N3O. The van der Waals surface area contributed by atoms with E-state index in [1.807, 2.05) is 0 Å². The molecule has 0 spiro atoms. The van der Waals surface area contributed by atoms with Crippen LogP contribution < -0.4 is 0 Å². The first-order chi connectivity index (χ1) is 15.7. The third-order valence-corrected chi connectivity index (χ3v) is 6.64. The predicted octanol–water partition coefficient (Wildman–Crippen LogP) is 8.91. The Morgan fingerprint density at radius 2 is 1.50 bits per heavy atom. The molecule has 3 aromatic rings. The summed E-state index contributed by atoms with van der Waals surface area (Å²) < 4.78 is 8.01. The summed E-state index contributed by atoms with van der Waals surface area (Å²) in [5, 5.41) is 5.55. The number of aromatic nitrogens is 3. The van der Waals surface area contributed by atoms with Gasteiger partial charge in [-0.25, -0.2) is 0 Å². The van der Waals surface area contributed by atoms with Gasteiger partial charge in [-0.3, -0.25) is 0 Å². The monoisotopic (exact) mass is 437 g/mol. The van der Waals surface area contributed by atoms with Crippen molar-refractivity contribution in [3.05, 3.63) is 36.4 Å². The summed E-state index contributed by atoms with van der Waals surface area (Å²) in [6.45, 7) is 7.73. The number of benzene rings is 1. The smallest absolute Gasteiger partial charge is 0.229 e. The highest BCUT2D eigenvalue weighted by Crippen LogP contribution is 2.31. The van der Waals surface area contributed by atoms with Gasteiger partial charge < -0.3 is 9.09 Å². The first kappa shape index (κ1) is 24.5. The van der Waals surface area contributed by atoms with Crippen molar-refractivity contribution in [2.45, 2.75) is 117 Å². The van der Waals surface area contributed by atoms with Gasteiger partial charge in [-0.05, 0) is 18.9 Å². The van der Waals surface area contributed by atoms with E-state index >= 15 is 0 Å². The van der Waals surface area contributed by atoms with Gasteiger partial charge in [0.05, 0.1) is 0 Å². The zero-order valence-corrected chi connectivity index (χ0v) is 20.6. The van der Waals surface area contributed by atoms with Gasteiger partial charge in [0.25, 0.3) is 0 Å². The molecule has 0 radical (unpaired) electrons. The number of hydrogen-bond donors (Lipinski definition) is 0. The number of hydrogen-bond acceptors (Lipinski definition) is 3. The van der Waals surface area contributed by atoms with Crippen molar-refractivity contribution >= 4 is 10.9 Å². The second kappa shape index (κ2) is 13.4. The molecule has 0 fully saturated rings. The molecule has 0 aliphatic rings. The van der Waals surface area contributed by atoms with Crippen LogP contribution in [0, 0.1) is 0 Å². The van der Waals surface area contributed by atoms with Crippen LogP contribution in [0.4, 0.5) is 0 Å². The van der Waals surface area contributed by atoms with Crippen molar-refractivity contribution in [1.82, 2.24) is 14.7 Å². The minimum Gasteiger partial charge on any atom is -0.347 e. The molecule has 1 atom stereocenters. The van der Waals surface area contributed by atoms with Gasteiger partial charge >= 0.3 is 0 Å². The van der Waals surface area contributed by atoms with E-state index in [2.05, 4.69) is 61.0 Å². The standard InChI is InChI=1S/C28H43N3O/c1-4-6-8-9-10-11-12-13-14-17-21-31-22-25(24-19-15-16-20-26(24)31)27-29-28(32-30-27)23(3)18-7-5-2/h15-16,19-20,22-23H,4-14,17-18,21H2,1-3H3/t23-/m0/s1. The van der Waals surface area contributed by atoms with Crippen molar-refractivity contribution in [3.63, 3.8) is 0 Å². The number of fused-ring (bicyclic) bond motifs is 1. The molecular weight excluding hydrogens is 394 g/mol. The van der Waals surface area contributed by atoms with Gasteiger partial charge in [0.1, 0.15) is 0 Å². The normalized spacial score (nSPS) is 12.6. The zero-order valence-electron chi connectivity index (χ0n) is 20.6. The molecule has 4 nitrogen and oxygen atoms in total. The molecule has 2 aromatic heterocycles. The molecule has 176 valence electrons. The SMILES string of the molecule is CCCCCCCCCCCCn1cc(-c2noc([C@@H](C)CCCC)n2)c2ccccc21. The third kappa shape index (κ3) is 6.95. The lowest BCUT2D eigenvalue weighted by Gasteiger charge is -2.05. The molecule has 0 unspecified atom stereocenters. The van der Waals surface area contributed by atoms with E-state index in [-0.39, 0.29) is 0 Å². The first-order valence-electron chi connectivity index (χ1n) is 13.2. The van der Waals surface area contributed by atoms with Gasteiger partial charge in [-0.15, -0.1) is 0 Å². The molecule has 0 bridgehead atoms. The lowest BCUT2D eigenvalue weighted by atomic mass is 10.0. The summed E-state index contributed by atoms with van der Waals surface area (Å²) in [7, 11) is 0. The lowest BCUT2D eigenvalue weighted by Crippen LogP contribution is -1.96. The Labute approximate surface area is 194 Å². The summed E-state index contributed by atoms with van der Waals surface area (Å²) >= 11 is 0. The van der Waals surface area contributed by atoms with Crippen LogP contribution in [0.15, 0.2) is 35.0 Å². The molecule has 0 amide bonds. The number of unbranched alkanes of at least 4 members (excludes halogenated alkanes) is 10. The van der Waals surface area contributed by atoms with Crippen LogP contribution in [0.5, 0.6) is 0 Å². The molecule has 32 heavy (non-hydrogen) atoms. The van der Waals surface area contributed by atoms with Crippen LogP contribution >= 0.6 is 0 Å². The van der Waals surface area contributed by atoms with Crippen LogP contribution in [0.2, 0.25) is 0 Å². The minimum absolute atomic E-state index is 0.316. The van der Waals surface area contributed by atoms with Gasteiger partial charge in [-0.2, -0.15) is 4.98 Å². The average molecular weight is 438 g/mol. The maximum absolute atomic E-state index is 5.63. The van der Waals surface area contributed by atoms with Crippen molar-refractivity contribution in [2.24, 2.45) is 0 Å². The molecule has 1 aromatic carbocycles. The van der Waals surface area contributed by atoms with Crippen molar-refractivity contribution < 1.29 is 4.52 Å². The summed E-state index contributed by atoms with van der Waals surface area (Å²) in [5.41, 5.74) is 2.36. The molecule has 0 aliphatic carbocycles. The van der Waals surface area contributed by atoms with Gasteiger partial charge in [-0.1, -0.05) is 115 Å². The van der Waals surface area contributed by atoms with Crippen LogP contribution in [-0.4, -0.2) is 14.7 Å². The van der Waals surface area contributed by atoms with E-state index in [0.717, 1.165) is 30.2 Å². The highest BCUT2D eigenvalue weighted by molar-refractivity contribution is 5.94. The number of nitrogens with zero attached hydrogens (tertiary/aromatic N) is 3. The first-order valence-corrected chi connectivity index (χ1v) is 13.2. The zero-order chi connectivity index (χ0) is 22.6. The number of rotatable bonds is 16. The van der Waals surface area contributed by atoms with Crippen LogP contribution in [0.3, 0.4) is 0 Å². The Balaban J connectivity index is 1.54. The second-order valence-corrected chi connectivity index (χ2v) is 9.43. The Morgan fingerprint density at radius 1 is 0.844 bits per heavy atom. The Morgan fingerprint density at radius 3 is 2.22 bits per heavy atom. The fraction of sp³-hybridized carbons (Fsp3) is 0.643. The van der Waals surface area contributed by atoms with E-state index < -0.39 is 0 Å². The van der Waals surface area contributed by atoms with Crippen molar-refractivity contribution in [2.75, 3.05) is 0 Å². The average Bonchev–Trinajstić information content (AvgIpc) is 3.44. The molecule has 0 saturated heterocycles. The summed E-state index contributed by atoms with van der Waals surface area (Å²) in [5.74, 6) is 1.80. The summed E-state index contributed by atoms with van der Waals surface area (Å²) in [6.07, 6.45) is 19.3. The molecule has 4 heteroatoms. The molecule has 3 rings (SSSR count). The maximum Gasteiger partial charge on any atom is 0.229 e. The molecule has 0 aliphatic heterocycles. The highest BCUT2D eigenvalue weighted by atomic mass is 16.5. The molecule has 2 heterocycles. The summed E-state index contributed by atoms with van der Waals surface area (Å²) in [4.78, 5) is 4.76. The minimum atomic E-state index is 0.316. The van der Waals surface area contributed by atoms with Gasteiger partial charge in [0.15, 0.2) is 0 Å². The van der Waals surface area contributed by atoms with Crippen LogP contribution in [-0.2, 0) is 6.54 Å². The van der Waals surface area contributed by atoms with Crippen LogP contribution in [0.25, 0.3) is 22.3 Å². The maximum atomic E-state index is 5.63. The summed E-state index contributed by atoms with van der Waals surface area (Å²) in [6, 6.07) is 8.60. The Bertz CT molecular complexity index is 910. The van der Waals surface area contributed by atoms with E-state index in [4.69, 9.17) is 9.51 Å². The quantitative estimate of drug-likeness (QED) is 0.210. The van der Waals surface area contributed by atoms with Gasteiger partial charge in [0, 0.05) is 35.1 Å². The van der Waals surface area contributed by atoms with E-state index in [9.17, 15) is 0 Å². The number of para-hydroxylation sites is 1.